The SMILES string of the molecule is COc1cccc(-n2ncc3c(N/N=C/c4ccc(NC(=O)OC(C)(C)C)nc4)ncnc32)c1. The second kappa shape index (κ2) is 9.53. The molecular weight excluding hydrogens is 436 g/mol. The topological polar surface area (TPSA) is 128 Å². The van der Waals surface area contributed by atoms with Crippen LogP contribution in [0, 0.1) is 0 Å². The zero-order valence-corrected chi connectivity index (χ0v) is 19.2. The maximum absolute atomic E-state index is 11.8. The Kier molecular flexibility index (Phi) is 6.35. The van der Waals surface area contributed by atoms with Gasteiger partial charge in [0.25, 0.3) is 0 Å². The summed E-state index contributed by atoms with van der Waals surface area (Å²) in [6, 6.07) is 11.0. The quantitative estimate of drug-likeness (QED) is 0.326. The van der Waals surface area contributed by atoms with Crippen LogP contribution < -0.4 is 15.5 Å². The molecule has 4 aromatic rings. The van der Waals surface area contributed by atoms with Gasteiger partial charge in [-0.3, -0.25) is 10.7 Å². The number of hydrogen-bond donors (Lipinski definition) is 2. The molecule has 0 spiro atoms. The third-order valence-corrected chi connectivity index (χ3v) is 4.46. The van der Waals surface area contributed by atoms with E-state index in [2.05, 4.69) is 35.9 Å². The molecule has 0 radical (unpaired) electrons. The van der Waals surface area contributed by atoms with E-state index in [4.69, 9.17) is 9.47 Å². The number of amides is 1. The third-order valence-electron chi connectivity index (χ3n) is 4.46. The molecule has 0 fully saturated rings. The van der Waals surface area contributed by atoms with Crippen LogP contribution in [-0.4, -0.2) is 49.8 Å². The van der Waals surface area contributed by atoms with Crippen LogP contribution in [0.15, 0.2) is 60.2 Å². The number of ether oxygens (including phenoxy) is 2. The van der Waals surface area contributed by atoms with Gasteiger partial charge in [-0.1, -0.05) is 6.07 Å². The Morgan fingerprint density at radius 1 is 1.12 bits per heavy atom. The van der Waals surface area contributed by atoms with E-state index in [-0.39, 0.29) is 0 Å². The number of aromatic nitrogens is 5. The first-order valence-electron chi connectivity index (χ1n) is 10.4. The number of benzene rings is 1. The number of hydrogen-bond acceptors (Lipinski definition) is 9. The van der Waals surface area contributed by atoms with Crippen molar-refractivity contribution in [2.24, 2.45) is 5.10 Å². The molecule has 0 saturated heterocycles. The largest absolute Gasteiger partial charge is 0.497 e. The number of fused-ring (bicyclic) bond motifs is 1. The monoisotopic (exact) mass is 460 g/mol. The van der Waals surface area contributed by atoms with Gasteiger partial charge in [0.1, 0.15) is 23.5 Å². The van der Waals surface area contributed by atoms with E-state index < -0.39 is 11.7 Å². The van der Waals surface area contributed by atoms with Crippen LogP contribution in [0.3, 0.4) is 0 Å². The van der Waals surface area contributed by atoms with Gasteiger partial charge in [0.2, 0.25) is 0 Å². The molecule has 0 aliphatic rings. The van der Waals surface area contributed by atoms with E-state index in [0.29, 0.717) is 22.7 Å². The van der Waals surface area contributed by atoms with E-state index in [1.807, 2.05) is 24.3 Å². The molecule has 0 bridgehead atoms. The van der Waals surface area contributed by atoms with Gasteiger partial charge >= 0.3 is 6.09 Å². The summed E-state index contributed by atoms with van der Waals surface area (Å²) in [6.07, 6.45) is 5.71. The van der Waals surface area contributed by atoms with Gasteiger partial charge in [-0.05, 0) is 45.0 Å². The fourth-order valence-electron chi connectivity index (χ4n) is 3.00. The van der Waals surface area contributed by atoms with Crippen molar-refractivity contribution in [1.82, 2.24) is 24.7 Å². The molecule has 2 N–H and O–H groups in total. The Hall–Kier alpha value is -4.54. The molecule has 3 aromatic heterocycles. The van der Waals surface area contributed by atoms with Gasteiger partial charge in [0.05, 0.1) is 30.6 Å². The van der Waals surface area contributed by atoms with Crippen LogP contribution in [0.1, 0.15) is 26.3 Å². The van der Waals surface area contributed by atoms with Gasteiger partial charge in [-0.2, -0.15) is 10.2 Å². The van der Waals surface area contributed by atoms with Crippen LogP contribution in [0.25, 0.3) is 16.7 Å². The van der Waals surface area contributed by atoms with Crippen molar-refractivity contribution in [3.05, 3.63) is 60.7 Å². The summed E-state index contributed by atoms with van der Waals surface area (Å²) in [4.78, 5) is 24.7. The van der Waals surface area contributed by atoms with E-state index >= 15 is 0 Å². The number of methoxy groups -OCH3 is 1. The van der Waals surface area contributed by atoms with Gasteiger partial charge in [0, 0.05) is 17.8 Å². The van der Waals surface area contributed by atoms with Crippen molar-refractivity contribution in [3.63, 3.8) is 0 Å². The zero-order chi connectivity index (χ0) is 24.1. The molecule has 1 amide bonds. The number of carbonyl (C=O) groups is 1. The van der Waals surface area contributed by atoms with Crippen LogP contribution in [-0.2, 0) is 4.74 Å². The Morgan fingerprint density at radius 3 is 2.71 bits per heavy atom. The van der Waals surface area contributed by atoms with Crippen molar-refractivity contribution in [2.45, 2.75) is 26.4 Å². The van der Waals surface area contributed by atoms with Crippen LogP contribution in [0.5, 0.6) is 5.75 Å². The van der Waals surface area contributed by atoms with E-state index in [9.17, 15) is 4.79 Å². The predicted octanol–water partition coefficient (Wildman–Crippen LogP) is 4.01. The Labute approximate surface area is 195 Å². The Morgan fingerprint density at radius 2 is 1.97 bits per heavy atom. The summed E-state index contributed by atoms with van der Waals surface area (Å²) in [7, 11) is 1.61. The van der Waals surface area contributed by atoms with Gasteiger partial charge in [-0.25, -0.2) is 24.4 Å². The predicted molar refractivity (Wildman–Crippen MR) is 129 cm³/mol. The zero-order valence-electron chi connectivity index (χ0n) is 19.2. The second-order valence-corrected chi connectivity index (χ2v) is 8.19. The second-order valence-electron chi connectivity index (χ2n) is 8.19. The molecule has 0 atom stereocenters. The fraction of sp³-hybridized carbons (Fsp3) is 0.217. The Balaban J connectivity index is 1.45. The average molecular weight is 460 g/mol. The standard InChI is InChI=1S/C23H24N8O3/c1-23(2,3)34-22(32)29-19-9-8-15(11-24-19)12-27-30-20-18-13-28-31(21(18)26-14-25-20)16-6-5-7-17(10-16)33-4/h5-14H,1-4H3,(H,24,29,32)(H,25,26,30)/b27-12+. The maximum atomic E-state index is 11.8. The summed E-state index contributed by atoms with van der Waals surface area (Å²) in [5.74, 6) is 1.60. The minimum atomic E-state index is -0.584. The lowest BCUT2D eigenvalue weighted by molar-refractivity contribution is 0.0635. The number of pyridine rings is 1. The molecule has 4 rings (SSSR count). The number of carbonyl (C=O) groups excluding carboxylic acids is 1. The molecule has 3 heterocycles. The van der Waals surface area contributed by atoms with E-state index in [1.54, 1.807) is 63.3 Å². The first-order chi connectivity index (χ1) is 16.3. The summed E-state index contributed by atoms with van der Waals surface area (Å²) in [6.45, 7) is 5.38. The Bertz CT molecular complexity index is 1330. The van der Waals surface area contributed by atoms with Gasteiger partial charge in [0.15, 0.2) is 11.5 Å². The summed E-state index contributed by atoms with van der Waals surface area (Å²) in [5.41, 5.74) is 4.50. The molecule has 0 saturated carbocycles. The lowest BCUT2D eigenvalue weighted by Gasteiger charge is -2.19. The first-order valence-corrected chi connectivity index (χ1v) is 10.4. The van der Waals surface area contributed by atoms with Crippen molar-refractivity contribution in [1.29, 1.82) is 0 Å². The number of nitrogens with zero attached hydrogens (tertiary/aromatic N) is 6. The van der Waals surface area contributed by atoms with Crippen molar-refractivity contribution >= 4 is 35.0 Å². The minimum Gasteiger partial charge on any atom is -0.497 e. The molecule has 34 heavy (non-hydrogen) atoms. The first kappa shape index (κ1) is 22.6. The number of nitrogens with one attached hydrogen (secondary N) is 2. The van der Waals surface area contributed by atoms with Crippen LogP contribution in [0.4, 0.5) is 16.4 Å². The summed E-state index contributed by atoms with van der Waals surface area (Å²) >= 11 is 0. The molecular formula is C23H24N8O3. The number of rotatable bonds is 6. The van der Waals surface area contributed by atoms with E-state index in [0.717, 1.165) is 17.0 Å². The molecule has 11 nitrogen and oxygen atoms in total. The molecule has 11 heteroatoms. The number of anilines is 2. The minimum absolute atomic E-state index is 0.377. The smallest absolute Gasteiger partial charge is 0.413 e. The highest BCUT2D eigenvalue weighted by atomic mass is 16.6. The summed E-state index contributed by atoms with van der Waals surface area (Å²) in [5, 5.41) is 12.0. The van der Waals surface area contributed by atoms with Crippen LogP contribution >= 0.6 is 0 Å². The molecule has 1 aromatic carbocycles. The average Bonchev–Trinajstić information content (AvgIpc) is 3.24. The highest BCUT2D eigenvalue weighted by molar-refractivity contribution is 5.88. The van der Waals surface area contributed by atoms with E-state index in [1.165, 1.54) is 6.33 Å². The van der Waals surface area contributed by atoms with Crippen molar-refractivity contribution in [3.8, 4) is 11.4 Å². The molecule has 0 aliphatic heterocycles. The fourth-order valence-corrected chi connectivity index (χ4v) is 3.00. The summed E-state index contributed by atoms with van der Waals surface area (Å²) < 4.78 is 12.2. The highest BCUT2D eigenvalue weighted by Crippen LogP contribution is 2.23. The van der Waals surface area contributed by atoms with Gasteiger partial charge < -0.3 is 9.47 Å². The molecule has 174 valence electrons. The van der Waals surface area contributed by atoms with Crippen molar-refractivity contribution < 1.29 is 14.3 Å². The highest BCUT2D eigenvalue weighted by Gasteiger charge is 2.16. The lowest BCUT2D eigenvalue weighted by atomic mass is 10.2. The normalized spacial score (nSPS) is 11.5. The van der Waals surface area contributed by atoms with Gasteiger partial charge in [-0.15, -0.1) is 0 Å². The van der Waals surface area contributed by atoms with Crippen LogP contribution in [0.2, 0.25) is 0 Å². The third kappa shape index (κ3) is 5.44. The molecule has 0 aliphatic carbocycles. The van der Waals surface area contributed by atoms with Crippen molar-refractivity contribution in [2.75, 3.05) is 17.9 Å². The lowest BCUT2D eigenvalue weighted by Crippen LogP contribution is -2.27. The number of hydrazone groups is 1. The molecule has 0 unspecified atom stereocenters. The maximum Gasteiger partial charge on any atom is 0.413 e.